The van der Waals surface area contributed by atoms with Gasteiger partial charge in [-0.15, -0.1) is 5.10 Å². The topological polar surface area (TPSA) is 78.6 Å². The van der Waals surface area contributed by atoms with Crippen molar-refractivity contribution in [2.75, 3.05) is 26.9 Å². The number of aromatic nitrogens is 3. The molecule has 1 unspecified atom stereocenters. The molecule has 0 saturated heterocycles. The minimum absolute atomic E-state index is 0.259. The first-order chi connectivity index (χ1) is 8.71. The minimum Gasteiger partial charge on any atom is -0.389 e. The van der Waals surface area contributed by atoms with Crippen molar-refractivity contribution in [3.05, 3.63) is 11.9 Å². The minimum atomic E-state index is -0.609. The van der Waals surface area contributed by atoms with Gasteiger partial charge in [-0.1, -0.05) is 5.21 Å². The van der Waals surface area contributed by atoms with E-state index in [1.165, 1.54) is 7.11 Å². The highest BCUT2D eigenvalue weighted by Gasteiger charge is 2.16. The fourth-order valence-electron chi connectivity index (χ4n) is 1.49. The standard InChI is InChI=1S/C11H21N3O4/c1-4-17-11(18-5-2)10-7-14(13-12-10)6-9(15)8-16-3/h7,9,11,15H,4-6,8H2,1-3H3. The Bertz CT molecular complexity index is 326. The van der Waals surface area contributed by atoms with Crippen LogP contribution in [0.2, 0.25) is 0 Å². The van der Waals surface area contributed by atoms with Crippen LogP contribution in [0, 0.1) is 0 Å². The number of aliphatic hydroxyl groups is 1. The van der Waals surface area contributed by atoms with E-state index in [2.05, 4.69) is 10.3 Å². The molecule has 1 heterocycles. The van der Waals surface area contributed by atoms with Crippen molar-refractivity contribution in [3.8, 4) is 0 Å². The lowest BCUT2D eigenvalue weighted by Crippen LogP contribution is -2.21. The van der Waals surface area contributed by atoms with Gasteiger partial charge in [0.1, 0.15) is 5.69 Å². The summed E-state index contributed by atoms with van der Waals surface area (Å²) in [7, 11) is 1.54. The van der Waals surface area contributed by atoms with Crippen LogP contribution in [0.25, 0.3) is 0 Å². The van der Waals surface area contributed by atoms with Crippen LogP contribution in [0.15, 0.2) is 6.20 Å². The van der Waals surface area contributed by atoms with Gasteiger partial charge in [-0.05, 0) is 13.8 Å². The Kier molecular flexibility index (Phi) is 6.81. The third-order valence-corrected chi connectivity index (χ3v) is 2.19. The summed E-state index contributed by atoms with van der Waals surface area (Å²) in [5, 5.41) is 17.5. The quantitative estimate of drug-likeness (QED) is 0.645. The number of ether oxygens (including phenoxy) is 3. The van der Waals surface area contributed by atoms with Gasteiger partial charge in [0.2, 0.25) is 6.29 Å². The molecule has 0 saturated carbocycles. The number of hydrogen-bond acceptors (Lipinski definition) is 6. The highest BCUT2D eigenvalue weighted by Crippen LogP contribution is 2.15. The molecule has 7 heteroatoms. The van der Waals surface area contributed by atoms with Crippen LogP contribution < -0.4 is 0 Å². The van der Waals surface area contributed by atoms with Crippen molar-refractivity contribution < 1.29 is 19.3 Å². The zero-order valence-electron chi connectivity index (χ0n) is 11.1. The van der Waals surface area contributed by atoms with Gasteiger partial charge in [-0.25, -0.2) is 4.68 Å². The molecule has 18 heavy (non-hydrogen) atoms. The predicted molar refractivity (Wildman–Crippen MR) is 63.9 cm³/mol. The van der Waals surface area contributed by atoms with E-state index >= 15 is 0 Å². The molecule has 1 rings (SSSR count). The average Bonchev–Trinajstić information content (AvgIpc) is 2.77. The van der Waals surface area contributed by atoms with Crippen molar-refractivity contribution in [3.63, 3.8) is 0 Å². The van der Waals surface area contributed by atoms with E-state index in [9.17, 15) is 5.11 Å². The number of rotatable bonds is 9. The summed E-state index contributed by atoms with van der Waals surface area (Å²) in [6.45, 7) is 5.42. The predicted octanol–water partition coefficient (Wildman–Crippen LogP) is 0.357. The molecule has 0 bridgehead atoms. The van der Waals surface area contributed by atoms with E-state index in [4.69, 9.17) is 14.2 Å². The van der Waals surface area contributed by atoms with Crippen molar-refractivity contribution in [2.24, 2.45) is 0 Å². The molecule has 1 aromatic heterocycles. The monoisotopic (exact) mass is 259 g/mol. The van der Waals surface area contributed by atoms with E-state index in [0.29, 0.717) is 25.5 Å². The maximum atomic E-state index is 9.58. The number of aliphatic hydroxyl groups excluding tert-OH is 1. The molecule has 0 aliphatic carbocycles. The van der Waals surface area contributed by atoms with Gasteiger partial charge in [0.05, 0.1) is 25.5 Å². The molecule has 0 aliphatic heterocycles. The van der Waals surface area contributed by atoms with E-state index in [0.717, 1.165) is 0 Å². The summed E-state index contributed by atoms with van der Waals surface area (Å²) in [6, 6.07) is 0. The van der Waals surface area contributed by atoms with Gasteiger partial charge in [-0.3, -0.25) is 0 Å². The molecule has 1 N–H and O–H groups in total. The zero-order valence-corrected chi connectivity index (χ0v) is 11.1. The fraction of sp³-hybridized carbons (Fsp3) is 0.818. The van der Waals surface area contributed by atoms with Gasteiger partial charge < -0.3 is 19.3 Å². The van der Waals surface area contributed by atoms with Crippen LogP contribution in [-0.4, -0.2) is 53.1 Å². The van der Waals surface area contributed by atoms with Crippen molar-refractivity contribution in [1.82, 2.24) is 15.0 Å². The molecular formula is C11H21N3O4. The van der Waals surface area contributed by atoms with Gasteiger partial charge in [0.15, 0.2) is 0 Å². The van der Waals surface area contributed by atoms with E-state index in [1.54, 1.807) is 10.9 Å². The molecule has 1 aromatic rings. The van der Waals surface area contributed by atoms with Crippen LogP contribution in [0.5, 0.6) is 0 Å². The first-order valence-corrected chi connectivity index (χ1v) is 6.01. The molecule has 104 valence electrons. The Morgan fingerprint density at radius 3 is 2.56 bits per heavy atom. The van der Waals surface area contributed by atoms with Crippen LogP contribution in [0.1, 0.15) is 25.8 Å². The first kappa shape index (κ1) is 15.0. The SMILES string of the molecule is CCOC(OCC)c1cn(CC(O)COC)nn1. The molecule has 0 aromatic carbocycles. The van der Waals surface area contributed by atoms with Crippen molar-refractivity contribution in [1.29, 1.82) is 0 Å². The molecule has 7 nitrogen and oxygen atoms in total. The lowest BCUT2D eigenvalue weighted by molar-refractivity contribution is -0.142. The largest absolute Gasteiger partial charge is 0.389 e. The molecule has 0 fully saturated rings. The van der Waals surface area contributed by atoms with Gasteiger partial charge in [-0.2, -0.15) is 0 Å². The highest BCUT2D eigenvalue weighted by atomic mass is 16.7. The number of hydrogen-bond donors (Lipinski definition) is 1. The van der Waals surface area contributed by atoms with Crippen molar-refractivity contribution >= 4 is 0 Å². The van der Waals surface area contributed by atoms with E-state index in [-0.39, 0.29) is 6.61 Å². The summed E-state index contributed by atoms with van der Waals surface area (Å²) < 4.78 is 17.2. The maximum Gasteiger partial charge on any atom is 0.204 e. The molecular weight excluding hydrogens is 238 g/mol. The summed E-state index contributed by atoms with van der Waals surface area (Å²) in [5.41, 5.74) is 0.600. The Balaban J connectivity index is 2.59. The summed E-state index contributed by atoms with van der Waals surface area (Å²) in [5.74, 6) is 0. The van der Waals surface area contributed by atoms with E-state index in [1.807, 2.05) is 13.8 Å². The van der Waals surface area contributed by atoms with Gasteiger partial charge in [0, 0.05) is 20.3 Å². The van der Waals surface area contributed by atoms with Crippen LogP contribution in [0.4, 0.5) is 0 Å². The second kappa shape index (κ2) is 8.15. The highest BCUT2D eigenvalue weighted by molar-refractivity contribution is 4.94. The Morgan fingerprint density at radius 2 is 2.00 bits per heavy atom. The molecule has 0 spiro atoms. The van der Waals surface area contributed by atoms with E-state index < -0.39 is 12.4 Å². The maximum absolute atomic E-state index is 9.58. The fourth-order valence-corrected chi connectivity index (χ4v) is 1.49. The summed E-state index contributed by atoms with van der Waals surface area (Å²) in [6.07, 6.45) is 0.588. The second-order valence-corrected chi connectivity index (χ2v) is 3.72. The van der Waals surface area contributed by atoms with Crippen molar-refractivity contribution in [2.45, 2.75) is 32.8 Å². The Labute approximate surface area is 107 Å². The van der Waals surface area contributed by atoms with Crippen LogP contribution >= 0.6 is 0 Å². The Morgan fingerprint density at radius 1 is 1.33 bits per heavy atom. The molecule has 0 aliphatic rings. The Hall–Kier alpha value is -1.02. The third-order valence-electron chi connectivity index (χ3n) is 2.19. The normalized spacial score (nSPS) is 13.2. The zero-order chi connectivity index (χ0) is 13.4. The first-order valence-electron chi connectivity index (χ1n) is 6.01. The number of nitrogens with zero attached hydrogens (tertiary/aromatic N) is 3. The lowest BCUT2D eigenvalue weighted by Gasteiger charge is -2.13. The second-order valence-electron chi connectivity index (χ2n) is 3.72. The smallest absolute Gasteiger partial charge is 0.204 e. The molecule has 0 amide bonds. The molecule has 0 radical (unpaired) electrons. The van der Waals surface area contributed by atoms with Crippen LogP contribution in [-0.2, 0) is 20.8 Å². The number of methoxy groups -OCH3 is 1. The molecule has 1 atom stereocenters. The van der Waals surface area contributed by atoms with Gasteiger partial charge >= 0.3 is 0 Å². The van der Waals surface area contributed by atoms with Gasteiger partial charge in [0.25, 0.3) is 0 Å². The third kappa shape index (κ3) is 4.69. The lowest BCUT2D eigenvalue weighted by atomic mass is 10.4. The average molecular weight is 259 g/mol. The summed E-state index contributed by atoms with van der Waals surface area (Å²) >= 11 is 0. The van der Waals surface area contributed by atoms with Crippen LogP contribution in [0.3, 0.4) is 0 Å². The summed E-state index contributed by atoms with van der Waals surface area (Å²) in [4.78, 5) is 0.